The lowest BCUT2D eigenvalue weighted by Crippen LogP contribution is -2.56. The molecule has 2 aliphatic heterocycles. The molecule has 2 amide bonds. The molecule has 2 saturated heterocycles. The third kappa shape index (κ3) is 5.67. The molecule has 34 heavy (non-hydrogen) atoms. The molecule has 9 heteroatoms. The number of piperazine rings is 2. The Hall–Kier alpha value is -2.29. The lowest BCUT2D eigenvalue weighted by Gasteiger charge is -2.43. The van der Waals surface area contributed by atoms with Gasteiger partial charge in [0.25, 0.3) is 0 Å². The molecule has 2 heterocycles. The van der Waals surface area contributed by atoms with Gasteiger partial charge in [0, 0.05) is 64.5 Å². The predicted molar refractivity (Wildman–Crippen MR) is 132 cm³/mol. The van der Waals surface area contributed by atoms with E-state index in [1.165, 1.54) is 32.4 Å². The van der Waals surface area contributed by atoms with Gasteiger partial charge in [-0.25, -0.2) is 0 Å². The van der Waals surface area contributed by atoms with Crippen LogP contribution in [-0.4, -0.2) is 111 Å². The summed E-state index contributed by atoms with van der Waals surface area (Å²) in [5.74, 6) is 1.13. The molecule has 0 bridgehead atoms. The number of hydrogen-bond donors (Lipinski definition) is 0. The standard InChI is InChI=1S/C25H35ClN4O4/c1-33-21-8-6-19(24(26)25(21)34-2)7-9-22(31)29-12-10-27(11-13-29)18-23(32)30-16-14-28(15-17-30)20-4-3-5-20/h6-9,20H,3-5,10-18H2,1-2H3/b9-7+. The lowest BCUT2D eigenvalue weighted by molar-refractivity contribution is -0.135. The monoisotopic (exact) mass is 490 g/mol. The van der Waals surface area contributed by atoms with Gasteiger partial charge in [0.15, 0.2) is 11.5 Å². The fourth-order valence-electron chi connectivity index (χ4n) is 4.81. The van der Waals surface area contributed by atoms with E-state index < -0.39 is 0 Å². The molecular formula is C25H35ClN4O4. The maximum absolute atomic E-state index is 12.8. The van der Waals surface area contributed by atoms with Crippen LogP contribution in [0.4, 0.5) is 0 Å². The van der Waals surface area contributed by atoms with Gasteiger partial charge in [-0.2, -0.15) is 0 Å². The van der Waals surface area contributed by atoms with Gasteiger partial charge >= 0.3 is 0 Å². The first-order valence-corrected chi connectivity index (χ1v) is 12.5. The van der Waals surface area contributed by atoms with Gasteiger partial charge in [0.1, 0.15) is 0 Å². The Kier molecular flexibility index (Phi) is 8.34. The zero-order valence-electron chi connectivity index (χ0n) is 20.2. The fourth-order valence-corrected chi connectivity index (χ4v) is 5.10. The van der Waals surface area contributed by atoms with Gasteiger partial charge in [0.05, 0.1) is 25.8 Å². The summed E-state index contributed by atoms with van der Waals surface area (Å²) in [5.41, 5.74) is 0.689. The minimum absolute atomic E-state index is 0.0658. The van der Waals surface area contributed by atoms with Crippen LogP contribution in [0.3, 0.4) is 0 Å². The fraction of sp³-hybridized carbons (Fsp3) is 0.600. The van der Waals surface area contributed by atoms with Crippen LogP contribution in [0.1, 0.15) is 24.8 Å². The molecule has 186 valence electrons. The van der Waals surface area contributed by atoms with E-state index in [4.69, 9.17) is 21.1 Å². The van der Waals surface area contributed by atoms with Crippen LogP contribution >= 0.6 is 11.6 Å². The summed E-state index contributed by atoms with van der Waals surface area (Å²) < 4.78 is 10.6. The summed E-state index contributed by atoms with van der Waals surface area (Å²) in [4.78, 5) is 34.0. The van der Waals surface area contributed by atoms with Crippen molar-refractivity contribution in [3.8, 4) is 11.5 Å². The van der Waals surface area contributed by atoms with Crippen molar-refractivity contribution in [2.45, 2.75) is 25.3 Å². The topological polar surface area (TPSA) is 65.6 Å². The Bertz CT molecular complexity index is 904. The lowest BCUT2D eigenvalue weighted by atomic mass is 9.91. The second kappa shape index (κ2) is 11.4. The zero-order chi connectivity index (χ0) is 24.1. The molecule has 0 spiro atoms. The third-order valence-electron chi connectivity index (χ3n) is 7.22. The number of methoxy groups -OCH3 is 2. The van der Waals surface area contributed by atoms with Gasteiger partial charge < -0.3 is 19.3 Å². The van der Waals surface area contributed by atoms with E-state index in [2.05, 4.69) is 9.80 Å². The molecule has 1 aliphatic carbocycles. The number of hydrogen-bond acceptors (Lipinski definition) is 6. The minimum Gasteiger partial charge on any atom is -0.493 e. The van der Waals surface area contributed by atoms with Crippen molar-refractivity contribution in [1.29, 1.82) is 0 Å². The number of halogens is 1. The summed E-state index contributed by atoms with van der Waals surface area (Å²) in [6, 6.07) is 4.31. The van der Waals surface area contributed by atoms with Crippen LogP contribution in [-0.2, 0) is 9.59 Å². The van der Waals surface area contributed by atoms with Gasteiger partial charge in [-0.05, 0) is 36.6 Å². The molecule has 0 unspecified atom stereocenters. The second-order valence-corrected chi connectivity index (χ2v) is 9.52. The average molecular weight is 491 g/mol. The quantitative estimate of drug-likeness (QED) is 0.546. The molecule has 4 rings (SSSR count). The maximum atomic E-state index is 12.8. The Morgan fingerprint density at radius 2 is 1.65 bits per heavy atom. The average Bonchev–Trinajstić information content (AvgIpc) is 2.82. The Morgan fingerprint density at radius 3 is 2.24 bits per heavy atom. The van der Waals surface area contributed by atoms with Crippen LogP contribution in [0.5, 0.6) is 11.5 Å². The number of nitrogens with zero attached hydrogens (tertiary/aromatic N) is 4. The minimum atomic E-state index is -0.0658. The highest BCUT2D eigenvalue weighted by molar-refractivity contribution is 6.33. The third-order valence-corrected chi connectivity index (χ3v) is 7.61. The van der Waals surface area contributed by atoms with Crippen molar-refractivity contribution in [2.24, 2.45) is 0 Å². The Balaban J connectivity index is 1.22. The highest BCUT2D eigenvalue weighted by Gasteiger charge is 2.30. The first-order valence-electron chi connectivity index (χ1n) is 12.1. The molecular weight excluding hydrogens is 456 g/mol. The van der Waals surface area contributed by atoms with Crippen LogP contribution in [0.25, 0.3) is 6.08 Å². The van der Waals surface area contributed by atoms with E-state index in [9.17, 15) is 9.59 Å². The van der Waals surface area contributed by atoms with Crippen molar-refractivity contribution < 1.29 is 19.1 Å². The van der Waals surface area contributed by atoms with E-state index in [1.54, 1.807) is 25.3 Å². The van der Waals surface area contributed by atoms with Gasteiger partial charge in [-0.3, -0.25) is 19.4 Å². The molecule has 8 nitrogen and oxygen atoms in total. The molecule has 0 atom stereocenters. The summed E-state index contributed by atoms with van der Waals surface area (Å²) in [6.07, 6.45) is 7.21. The number of carbonyl (C=O) groups is 2. The molecule has 0 radical (unpaired) electrons. The number of rotatable bonds is 7. The van der Waals surface area contributed by atoms with Gasteiger partial charge in [-0.15, -0.1) is 0 Å². The summed E-state index contributed by atoms with van der Waals surface area (Å²) in [6.45, 7) is 6.69. The summed E-state index contributed by atoms with van der Waals surface area (Å²) in [5, 5.41) is 0.405. The summed E-state index contributed by atoms with van der Waals surface area (Å²) in [7, 11) is 3.08. The van der Waals surface area contributed by atoms with Crippen molar-refractivity contribution >= 4 is 29.5 Å². The molecule has 3 aliphatic rings. The molecule has 0 aromatic heterocycles. The van der Waals surface area contributed by atoms with Crippen molar-refractivity contribution in [2.75, 3.05) is 73.1 Å². The Labute approximate surface area is 207 Å². The SMILES string of the molecule is COc1ccc(/C=C/C(=O)N2CCN(CC(=O)N3CCN(C4CCC4)CC3)CC2)c(Cl)c1OC. The molecule has 1 saturated carbocycles. The molecule has 3 fully saturated rings. The highest BCUT2D eigenvalue weighted by atomic mass is 35.5. The smallest absolute Gasteiger partial charge is 0.246 e. The van der Waals surface area contributed by atoms with E-state index in [0.29, 0.717) is 54.8 Å². The van der Waals surface area contributed by atoms with Gasteiger partial charge in [0.2, 0.25) is 11.8 Å². The van der Waals surface area contributed by atoms with Crippen LogP contribution < -0.4 is 9.47 Å². The van der Waals surface area contributed by atoms with Crippen LogP contribution in [0.2, 0.25) is 5.02 Å². The normalized spacial score (nSPS) is 20.4. The first-order chi connectivity index (χ1) is 16.5. The molecule has 1 aromatic carbocycles. The number of carbonyl (C=O) groups excluding carboxylic acids is 2. The molecule has 0 N–H and O–H groups in total. The van der Waals surface area contributed by atoms with E-state index in [1.807, 2.05) is 9.80 Å². The predicted octanol–water partition coefficient (Wildman–Crippen LogP) is 2.21. The van der Waals surface area contributed by atoms with Gasteiger partial charge in [-0.1, -0.05) is 18.0 Å². The first kappa shape index (κ1) is 24.8. The largest absolute Gasteiger partial charge is 0.493 e. The highest BCUT2D eigenvalue weighted by Crippen LogP contribution is 2.37. The van der Waals surface area contributed by atoms with E-state index >= 15 is 0 Å². The van der Waals surface area contributed by atoms with E-state index in [0.717, 1.165) is 32.2 Å². The Morgan fingerprint density at radius 1 is 0.971 bits per heavy atom. The van der Waals surface area contributed by atoms with Crippen LogP contribution in [0.15, 0.2) is 18.2 Å². The number of benzene rings is 1. The molecule has 1 aromatic rings. The van der Waals surface area contributed by atoms with Crippen molar-refractivity contribution in [3.63, 3.8) is 0 Å². The van der Waals surface area contributed by atoms with E-state index in [-0.39, 0.29) is 11.8 Å². The van der Waals surface area contributed by atoms with Crippen LogP contribution in [0, 0.1) is 0 Å². The van der Waals surface area contributed by atoms with Crippen molar-refractivity contribution in [1.82, 2.24) is 19.6 Å². The zero-order valence-corrected chi connectivity index (χ0v) is 20.9. The number of ether oxygens (including phenoxy) is 2. The maximum Gasteiger partial charge on any atom is 0.246 e. The van der Waals surface area contributed by atoms with Crippen molar-refractivity contribution in [3.05, 3.63) is 28.8 Å². The second-order valence-electron chi connectivity index (χ2n) is 9.14. The summed E-state index contributed by atoms with van der Waals surface area (Å²) >= 11 is 6.40. The number of amides is 2.